The largest absolute Gasteiger partial charge is 0.384 e. The molecule has 1 aromatic rings. The molecule has 0 unspecified atom stereocenters. The number of benzene rings is 1. The Morgan fingerprint density at radius 3 is 2.46 bits per heavy atom. The Labute approximate surface area is 164 Å². The highest BCUT2D eigenvalue weighted by Crippen LogP contribution is 2.33. The summed E-state index contributed by atoms with van der Waals surface area (Å²) in [6.45, 7) is 4.22. The number of ether oxygens (including phenoxy) is 1. The van der Waals surface area contributed by atoms with E-state index < -0.39 is 0 Å². The molecule has 2 aliphatic heterocycles. The van der Waals surface area contributed by atoms with Crippen LogP contribution in [-0.4, -0.2) is 50.7 Å². The highest BCUT2D eigenvalue weighted by atomic mass is 35.5. The van der Waals surface area contributed by atoms with Gasteiger partial charge in [0, 0.05) is 20.2 Å². The first-order valence-corrected chi connectivity index (χ1v) is 9.76. The minimum Gasteiger partial charge on any atom is -0.384 e. The van der Waals surface area contributed by atoms with E-state index in [1.807, 2.05) is 0 Å². The van der Waals surface area contributed by atoms with Crippen molar-refractivity contribution in [1.82, 2.24) is 10.2 Å². The Kier molecular flexibility index (Phi) is 8.39. The number of nitrogens with zero attached hydrogens (tertiary/aromatic N) is 1. The smallest absolute Gasteiger partial charge is 0.231 e. The summed E-state index contributed by atoms with van der Waals surface area (Å²) in [5.41, 5.74) is 1.13. The second kappa shape index (κ2) is 10.3. The minimum absolute atomic E-state index is 0. The average molecular weight is 381 g/mol. The molecule has 1 aromatic carbocycles. The zero-order chi connectivity index (χ0) is 17.5. The lowest BCUT2D eigenvalue weighted by atomic mass is 9.77. The maximum Gasteiger partial charge on any atom is 0.231 e. The van der Waals surface area contributed by atoms with Crippen molar-refractivity contribution in [2.24, 2.45) is 11.3 Å². The molecule has 0 bridgehead atoms. The maximum atomic E-state index is 13.2. The van der Waals surface area contributed by atoms with Crippen molar-refractivity contribution < 1.29 is 9.53 Å². The number of halogens is 1. The normalized spacial score (nSPS) is 20.4. The molecular weight excluding hydrogens is 348 g/mol. The predicted octanol–water partition coefficient (Wildman–Crippen LogP) is 3.30. The Hall–Kier alpha value is -1.10. The quantitative estimate of drug-likeness (QED) is 0.823. The summed E-state index contributed by atoms with van der Waals surface area (Å²) in [5, 5.41) is 3.37. The van der Waals surface area contributed by atoms with Crippen LogP contribution in [0.25, 0.3) is 0 Å². The summed E-state index contributed by atoms with van der Waals surface area (Å²) in [6, 6.07) is 10.7. The van der Waals surface area contributed by atoms with Gasteiger partial charge in [0.2, 0.25) is 5.91 Å². The molecule has 2 saturated heterocycles. The van der Waals surface area contributed by atoms with Crippen LogP contribution in [0.2, 0.25) is 0 Å². The standard InChI is InChI=1S/C21H32N2O2.ClH/c1-25-17-21(11-13-22-14-12-21)20(24)23-15-9-19(10-16-23)8-7-18-5-3-2-4-6-18;/h2-6,19,22H,7-17H2,1H3;1H. The van der Waals surface area contributed by atoms with Crippen LogP contribution in [0.5, 0.6) is 0 Å². The molecule has 2 fully saturated rings. The van der Waals surface area contributed by atoms with Crippen molar-refractivity contribution in [3.63, 3.8) is 0 Å². The summed E-state index contributed by atoms with van der Waals surface area (Å²) in [4.78, 5) is 15.3. The van der Waals surface area contributed by atoms with Crippen LogP contribution >= 0.6 is 12.4 Å². The van der Waals surface area contributed by atoms with Gasteiger partial charge in [-0.05, 0) is 63.1 Å². The SMILES string of the molecule is COCC1(C(=O)N2CCC(CCc3ccccc3)CC2)CCNCC1.Cl. The van der Waals surface area contributed by atoms with Crippen LogP contribution in [0.3, 0.4) is 0 Å². The van der Waals surface area contributed by atoms with Gasteiger partial charge in [0.25, 0.3) is 0 Å². The fourth-order valence-corrected chi connectivity index (χ4v) is 4.38. The number of aryl methyl sites for hydroxylation is 1. The fraction of sp³-hybridized carbons (Fsp3) is 0.667. The molecule has 0 atom stereocenters. The van der Waals surface area contributed by atoms with Gasteiger partial charge < -0.3 is 15.0 Å². The van der Waals surface area contributed by atoms with E-state index in [-0.39, 0.29) is 17.8 Å². The van der Waals surface area contributed by atoms with Crippen LogP contribution in [0.4, 0.5) is 0 Å². The topological polar surface area (TPSA) is 41.6 Å². The number of amides is 1. The summed E-state index contributed by atoms with van der Waals surface area (Å²) < 4.78 is 5.43. The Balaban J connectivity index is 0.00000243. The molecule has 0 aromatic heterocycles. The molecule has 0 spiro atoms. The number of hydrogen-bond acceptors (Lipinski definition) is 3. The van der Waals surface area contributed by atoms with Gasteiger partial charge in [0.1, 0.15) is 0 Å². The van der Waals surface area contributed by atoms with Gasteiger partial charge in [-0.2, -0.15) is 0 Å². The van der Waals surface area contributed by atoms with Gasteiger partial charge in [-0.3, -0.25) is 4.79 Å². The third-order valence-corrected chi connectivity index (χ3v) is 6.02. The summed E-state index contributed by atoms with van der Waals surface area (Å²) >= 11 is 0. The van der Waals surface area contributed by atoms with Crippen LogP contribution in [-0.2, 0) is 16.0 Å². The monoisotopic (exact) mass is 380 g/mol. The summed E-state index contributed by atoms with van der Waals surface area (Å²) in [5.74, 6) is 1.08. The average Bonchev–Trinajstić information content (AvgIpc) is 2.68. The number of carbonyl (C=O) groups is 1. The molecule has 26 heavy (non-hydrogen) atoms. The summed E-state index contributed by atoms with van der Waals surface area (Å²) in [6.07, 6.45) is 6.46. The summed E-state index contributed by atoms with van der Waals surface area (Å²) in [7, 11) is 1.72. The number of methoxy groups -OCH3 is 1. The zero-order valence-corrected chi connectivity index (χ0v) is 16.7. The molecule has 3 rings (SSSR count). The first kappa shape index (κ1) is 21.2. The fourth-order valence-electron chi connectivity index (χ4n) is 4.38. The van der Waals surface area contributed by atoms with Crippen molar-refractivity contribution in [3.05, 3.63) is 35.9 Å². The molecule has 0 saturated carbocycles. The molecule has 1 N–H and O–H groups in total. The minimum atomic E-state index is -0.295. The van der Waals surface area contributed by atoms with E-state index in [1.165, 1.54) is 12.0 Å². The third kappa shape index (κ3) is 5.21. The molecule has 146 valence electrons. The lowest BCUT2D eigenvalue weighted by molar-refractivity contribution is -0.149. The van der Waals surface area contributed by atoms with E-state index in [4.69, 9.17) is 4.74 Å². The first-order chi connectivity index (χ1) is 12.2. The van der Waals surface area contributed by atoms with Gasteiger partial charge >= 0.3 is 0 Å². The van der Waals surface area contributed by atoms with Gasteiger partial charge in [-0.25, -0.2) is 0 Å². The van der Waals surface area contributed by atoms with Crippen molar-refractivity contribution in [2.45, 2.75) is 38.5 Å². The third-order valence-electron chi connectivity index (χ3n) is 6.02. The zero-order valence-electron chi connectivity index (χ0n) is 15.9. The Bertz CT molecular complexity index is 533. The van der Waals surface area contributed by atoms with Crippen molar-refractivity contribution in [2.75, 3.05) is 39.9 Å². The molecule has 4 nitrogen and oxygen atoms in total. The Morgan fingerprint density at radius 2 is 1.85 bits per heavy atom. The van der Waals surface area contributed by atoms with Crippen LogP contribution in [0.15, 0.2) is 30.3 Å². The molecule has 5 heteroatoms. The van der Waals surface area contributed by atoms with Gasteiger partial charge in [0.05, 0.1) is 12.0 Å². The van der Waals surface area contributed by atoms with E-state index in [2.05, 4.69) is 40.5 Å². The second-order valence-electron chi connectivity index (χ2n) is 7.72. The van der Waals surface area contributed by atoms with Crippen LogP contribution in [0, 0.1) is 11.3 Å². The molecule has 2 aliphatic rings. The van der Waals surface area contributed by atoms with Crippen molar-refractivity contribution in [3.8, 4) is 0 Å². The van der Waals surface area contributed by atoms with Crippen molar-refractivity contribution >= 4 is 18.3 Å². The van der Waals surface area contributed by atoms with Crippen LogP contribution in [0.1, 0.15) is 37.7 Å². The van der Waals surface area contributed by atoms with Crippen molar-refractivity contribution in [1.29, 1.82) is 0 Å². The molecular formula is C21H33ClN2O2. The lowest BCUT2D eigenvalue weighted by Crippen LogP contribution is -2.53. The number of piperidine rings is 2. The van der Waals surface area contributed by atoms with Gasteiger partial charge in [0.15, 0.2) is 0 Å². The maximum absolute atomic E-state index is 13.2. The van der Waals surface area contributed by atoms with E-state index in [1.54, 1.807) is 7.11 Å². The molecule has 1 amide bonds. The van der Waals surface area contributed by atoms with Gasteiger partial charge in [-0.1, -0.05) is 30.3 Å². The lowest BCUT2D eigenvalue weighted by Gasteiger charge is -2.42. The first-order valence-electron chi connectivity index (χ1n) is 9.76. The van der Waals surface area contributed by atoms with E-state index in [0.29, 0.717) is 12.5 Å². The number of carbonyl (C=O) groups excluding carboxylic acids is 1. The van der Waals surface area contributed by atoms with Gasteiger partial charge in [-0.15, -0.1) is 12.4 Å². The Morgan fingerprint density at radius 1 is 1.19 bits per heavy atom. The van der Waals surface area contributed by atoms with E-state index in [9.17, 15) is 4.79 Å². The number of hydrogen-bond donors (Lipinski definition) is 1. The van der Waals surface area contributed by atoms with E-state index in [0.717, 1.165) is 64.2 Å². The molecule has 0 radical (unpaired) electrons. The highest BCUT2D eigenvalue weighted by molar-refractivity contribution is 5.85. The number of likely N-dealkylation sites (tertiary alicyclic amines) is 1. The number of rotatable bonds is 6. The molecule has 0 aliphatic carbocycles. The highest BCUT2D eigenvalue weighted by Gasteiger charge is 2.42. The second-order valence-corrected chi connectivity index (χ2v) is 7.72. The number of nitrogens with one attached hydrogen (secondary N) is 1. The van der Waals surface area contributed by atoms with Crippen LogP contribution < -0.4 is 5.32 Å². The van der Waals surface area contributed by atoms with E-state index >= 15 is 0 Å². The molecule has 2 heterocycles. The predicted molar refractivity (Wildman–Crippen MR) is 108 cm³/mol.